The summed E-state index contributed by atoms with van der Waals surface area (Å²) < 4.78 is 10.9. The Labute approximate surface area is 75.3 Å². The van der Waals surface area contributed by atoms with E-state index in [-0.39, 0.29) is 0 Å². The first kappa shape index (κ1) is 8.65. The number of piperidine rings is 1. The monoisotopic (exact) mass is 185 g/mol. The highest BCUT2D eigenvalue weighted by Crippen LogP contribution is 2.39. The van der Waals surface area contributed by atoms with Crippen LogP contribution in [0.5, 0.6) is 0 Å². The molecule has 1 saturated heterocycles. The van der Waals surface area contributed by atoms with Crippen LogP contribution in [0.15, 0.2) is 0 Å². The van der Waals surface area contributed by atoms with E-state index in [1.807, 2.05) is 0 Å². The third-order valence-electron chi connectivity index (χ3n) is 3.38. The molecule has 1 aliphatic carbocycles. The zero-order valence-electron chi connectivity index (χ0n) is 7.33. The van der Waals surface area contributed by atoms with Gasteiger partial charge in [0, 0.05) is 5.66 Å². The van der Waals surface area contributed by atoms with Crippen molar-refractivity contribution in [2.45, 2.75) is 31.3 Å². The van der Waals surface area contributed by atoms with Gasteiger partial charge in [-0.05, 0) is 37.8 Å². The summed E-state index contributed by atoms with van der Waals surface area (Å²) in [7, 11) is 0.384. The average Bonchev–Trinajstić information content (AvgIpc) is 2.17. The van der Waals surface area contributed by atoms with Crippen LogP contribution in [0.3, 0.4) is 0 Å². The molecule has 12 heavy (non-hydrogen) atoms. The molecule has 2 aliphatic rings. The van der Waals surface area contributed by atoms with Gasteiger partial charge in [-0.15, -0.1) is 0 Å². The third-order valence-corrected chi connectivity index (χ3v) is 4.29. The van der Waals surface area contributed by atoms with Crippen molar-refractivity contribution in [3.63, 3.8) is 0 Å². The molecule has 0 spiro atoms. The smallest absolute Gasteiger partial charge is 0.159 e. The molecular weight excluding hydrogens is 169 g/mol. The first-order chi connectivity index (χ1) is 5.92. The fraction of sp³-hybridized carbons (Fsp3) is 1.00. The zero-order valence-corrected chi connectivity index (χ0v) is 8.22. The summed E-state index contributed by atoms with van der Waals surface area (Å²) in [6, 6.07) is 0. The van der Waals surface area contributed by atoms with Crippen molar-refractivity contribution in [3.05, 3.63) is 0 Å². The highest BCUT2D eigenvalue weighted by molar-refractivity contribution is 7.24. The third kappa shape index (κ3) is 1.55. The Morgan fingerprint density at radius 1 is 1.25 bits per heavy atom. The normalized spacial score (nSPS) is 42.5. The number of hydrogen-bond acceptors (Lipinski definition) is 2. The molecule has 68 valence electrons. The van der Waals surface area contributed by atoms with Gasteiger partial charge in [-0.25, -0.2) is 0 Å². The van der Waals surface area contributed by atoms with Crippen molar-refractivity contribution in [3.8, 4) is 0 Å². The molecule has 3 heteroatoms. The predicted molar refractivity (Wildman–Crippen MR) is 49.7 cm³/mol. The summed E-state index contributed by atoms with van der Waals surface area (Å²) in [5.41, 5.74) is 0.455. The van der Waals surface area contributed by atoms with Crippen LogP contribution < -0.4 is 5.32 Å². The topological polar surface area (TPSA) is 29.1 Å². The van der Waals surface area contributed by atoms with E-state index in [2.05, 4.69) is 5.32 Å². The second kappa shape index (κ2) is 3.85. The van der Waals surface area contributed by atoms with Gasteiger partial charge >= 0.3 is 0 Å². The van der Waals surface area contributed by atoms with E-state index in [1.54, 1.807) is 0 Å². The molecule has 1 heterocycles. The van der Waals surface area contributed by atoms with E-state index in [1.165, 1.54) is 32.2 Å². The number of fused-ring (bicyclic) bond motifs is 1. The molecule has 2 fully saturated rings. The molecule has 3 unspecified atom stereocenters. The quantitative estimate of drug-likeness (QED) is 0.633. The lowest BCUT2D eigenvalue weighted by Gasteiger charge is -2.38. The minimum absolute atomic E-state index is 0.384. The first-order valence-electron chi connectivity index (χ1n) is 4.95. The maximum Gasteiger partial charge on any atom is 0.159 e. The summed E-state index contributed by atoms with van der Waals surface area (Å²) in [5, 5.41) is 3.40. The summed E-state index contributed by atoms with van der Waals surface area (Å²) in [6.07, 6.45) is 5.14. The van der Waals surface area contributed by atoms with Crippen molar-refractivity contribution < 1.29 is 4.57 Å². The zero-order chi connectivity index (χ0) is 8.39. The molecule has 2 rings (SSSR count). The van der Waals surface area contributed by atoms with Crippen molar-refractivity contribution in [1.29, 1.82) is 0 Å². The van der Waals surface area contributed by atoms with Crippen LogP contribution in [0.25, 0.3) is 0 Å². The van der Waals surface area contributed by atoms with E-state index in [0.717, 1.165) is 12.5 Å². The van der Waals surface area contributed by atoms with Gasteiger partial charge in [-0.2, -0.15) is 0 Å². The van der Waals surface area contributed by atoms with Gasteiger partial charge in [0.15, 0.2) is 8.46 Å². The van der Waals surface area contributed by atoms with Gasteiger partial charge in [0.05, 0.1) is 0 Å². The summed E-state index contributed by atoms with van der Waals surface area (Å²) in [5.74, 6) is 1.57. The Morgan fingerprint density at radius 3 is 3.00 bits per heavy atom. The standard InChI is InChI=1S/C9H16NOP/c11-12-9-3-1-2-7-4-5-10-6-8(7)9/h7-10H,1-6H2. The Kier molecular flexibility index (Phi) is 2.77. The predicted octanol–water partition coefficient (Wildman–Crippen LogP) is 2.06. The number of nitrogens with one attached hydrogen (secondary N) is 1. The Morgan fingerprint density at radius 2 is 2.17 bits per heavy atom. The molecule has 1 N–H and O–H groups in total. The summed E-state index contributed by atoms with van der Waals surface area (Å²) in [6.45, 7) is 2.27. The Balaban J connectivity index is 2.03. The molecule has 0 aromatic heterocycles. The van der Waals surface area contributed by atoms with Crippen LogP contribution in [-0.2, 0) is 4.57 Å². The molecule has 3 atom stereocenters. The van der Waals surface area contributed by atoms with Crippen LogP contribution in [0.1, 0.15) is 25.7 Å². The SMILES string of the molecule is O=PC1CCCC2CCNCC21. The van der Waals surface area contributed by atoms with Crippen LogP contribution in [0, 0.1) is 11.8 Å². The molecule has 0 aromatic rings. The van der Waals surface area contributed by atoms with Crippen molar-refractivity contribution in [2.24, 2.45) is 11.8 Å². The molecule has 0 amide bonds. The molecule has 1 saturated carbocycles. The van der Waals surface area contributed by atoms with Gasteiger partial charge in [-0.1, -0.05) is 12.8 Å². The van der Waals surface area contributed by atoms with Crippen molar-refractivity contribution >= 4 is 8.46 Å². The van der Waals surface area contributed by atoms with Gasteiger partial charge in [-0.3, -0.25) is 4.57 Å². The molecule has 1 aliphatic heterocycles. The highest BCUT2D eigenvalue weighted by Gasteiger charge is 2.34. The largest absolute Gasteiger partial charge is 0.316 e. The van der Waals surface area contributed by atoms with Gasteiger partial charge in [0.25, 0.3) is 0 Å². The minimum Gasteiger partial charge on any atom is -0.316 e. The lowest BCUT2D eigenvalue weighted by molar-refractivity contribution is 0.190. The molecule has 0 aromatic carbocycles. The number of hydrogen-bond donors (Lipinski definition) is 1. The van der Waals surface area contributed by atoms with Crippen LogP contribution >= 0.6 is 8.46 Å². The molecule has 0 radical (unpaired) electrons. The lowest BCUT2D eigenvalue weighted by atomic mass is 9.75. The Hall–Kier alpha value is 0.0600. The van der Waals surface area contributed by atoms with E-state index in [4.69, 9.17) is 0 Å². The van der Waals surface area contributed by atoms with Crippen LogP contribution in [0.4, 0.5) is 0 Å². The first-order valence-corrected chi connectivity index (χ1v) is 5.83. The van der Waals surface area contributed by atoms with E-state index in [0.29, 0.717) is 20.0 Å². The lowest BCUT2D eigenvalue weighted by Crippen LogP contribution is -2.43. The molecule has 2 nitrogen and oxygen atoms in total. The molecular formula is C9H16NOP. The Bertz CT molecular complexity index is 172. The fourth-order valence-electron chi connectivity index (χ4n) is 2.68. The maximum atomic E-state index is 10.9. The summed E-state index contributed by atoms with van der Waals surface area (Å²) in [4.78, 5) is 0. The highest BCUT2D eigenvalue weighted by atomic mass is 31.1. The average molecular weight is 185 g/mol. The van der Waals surface area contributed by atoms with Gasteiger partial charge in [0.1, 0.15) is 0 Å². The number of rotatable bonds is 1. The second-order valence-electron chi connectivity index (χ2n) is 4.02. The second-order valence-corrected chi connectivity index (χ2v) is 4.89. The van der Waals surface area contributed by atoms with Crippen molar-refractivity contribution in [1.82, 2.24) is 5.32 Å². The van der Waals surface area contributed by atoms with Gasteiger partial charge in [0.2, 0.25) is 0 Å². The van der Waals surface area contributed by atoms with Crippen LogP contribution in [0.2, 0.25) is 0 Å². The minimum atomic E-state index is 0.384. The molecule has 0 bridgehead atoms. The van der Waals surface area contributed by atoms with E-state index in [9.17, 15) is 4.57 Å². The van der Waals surface area contributed by atoms with Crippen molar-refractivity contribution in [2.75, 3.05) is 13.1 Å². The van der Waals surface area contributed by atoms with Gasteiger partial charge < -0.3 is 5.32 Å². The maximum absolute atomic E-state index is 10.9. The van der Waals surface area contributed by atoms with Crippen LogP contribution in [-0.4, -0.2) is 18.7 Å². The van der Waals surface area contributed by atoms with E-state index >= 15 is 0 Å². The van der Waals surface area contributed by atoms with E-state index < -0.39 is 0 Å². The summed E-state index contributed by atoms with van der Waals surface area (Å²) >= 11 is 0. The fourth-order valence-corrected chi connectivity index (χ4v) is 3.47.